The molecule has 1 aromatic carbocycles. The van der Waals surface area contributed by atoms with Gasteiger partial charge in [0.15, 0.2) is 17.6 Å². The fourth-order valence-electron chi connectivity index (χ4n) is 6.58. The lowest BCUT2D eigenvalue weighted by Crippen LogP contribution is -2.55. The largest absolute Gasteiger partial charge is 0.490 e. The minimum Gasteiger partial charge on any atom is -0.490 e. The van der Waals surface area contributed by atoms with Crippen molar-refractivity contribution >= 4 is 28.9 Å². The third-order valence-electron chi connectivity index (χ3n) is 9.10. The number of pyridine rings is 2. The third kappa shape index (κ3) is 7.26. The van der Waals surface area contributed by atoms with Crippen LogP contribution in [0.4, 0.5) is 19.4 Å². The lowest BCUT2D eigenvalue weighted by atomic mass is 9.97. The van der Waals surface area contributed by atoms with Crippen molar-refractivity contribution in [2.75, 3.05) is 31.1 Å². The van der Waals surface area contributed by atoms with Crippen molar-refractivity contribution in [3.05, 3.63) is 69.9 Å². The molecule has 2 unspecified atom stereocenters. The average Bonchev–Trinajstić information content (AvgIpc) is 3.08. The number of rotatable bonds is 4. The van der Waals surface area contributed by atoms with Gasteiger partial charge in [0.05, 0.1) is 28.2 Å². The van der Waals surface area contributed by atoms with E-state index in [1.54, 1.807) is 44.4 Å². The second kappa shape index (κ2) is 14.3. The first-order valence-electron chi connectivity index (χ1n) is 17.6. The van der Waals surface area contributed by atoms with Crippen molar-refractivity contribution in [3.8, 4) is 22.7 Å². The Morgan fingerprint density at radius 3 is 2.45 bits per heavy atom. The maximum atomic E-state index is 16.5. The van der Waals surface area contributed by atoms with E-state index in [2.05, 4.69) is 15.0 Å². The van der Waals surface area contributed by atoms with Gasteiger partial charge in [-0.3, -0.25) is 9.78 Å². The summed E-state index contributed by atoms with van der Waals surface area (Å²) in [6, 6.07) is 6.17. The van der Waals surface area contributed by atoms with Gasteiger partial charge in [0.1, 0.15) is 41.4 Å². The molecule has 4 aromatic rings. The topological polar surface area (TPSA) is 149 Å². The van der Waals surface area contributed by atoms with Crippen LogP contribution < -0.4 is 15.3 Å². The zero-order chi connectivity index (χ0) is 38.5. The monoisotopic (exact) mass is 734 g/mol. The van der Waals surface area contributed by atoms with Crippen molar-refractivity contribution in [1.82, 2.24) is 24.4 Å². The number of piperazine rings is 1. The van der Waals surface area contributed by atoms with Crippen molar-refractivity contribution in [1.29, 1.82) is 0 Å². The first kappa shape index (κ1) is 37.6. The highest BCUT2D eigenvalue weighted by Crippen LogP contribution is 2.40. The van der Waals surface area contributed by atoms with Crippen molar-refractivity contribution in [3.63, 3.8) is 0 Å². The van der Waals surface area contributed by atoms with E-state index >= 15 is 8.78 Å². The highest BCUT2D eigenvalue weighted by atomic mass is 19.1. The molecule has 2 aliphatic rings. The lowest BCUT2D eigenvalue weighted by molar-refractivity contribution is -0.160. The number of carbonyl (C=O) groups is 2. The summed E-state index contributed by atoms with van der Waals surface area (Å²) in [5, 5.41) is 11.8. The van der Waals surface area contributed by atoms with E-state index in [-0.39, 0.29) is 65.0 Å². The number of anilines is 1. The zero-order valence-electron chi connectivity index (χ0n) is 31.0. The van der Waals surface area contributed by atoms with Crippen molar-refractivity contribution in [2.45, 2.75) is 85.2 Å². The Labute approximate surface area is 305 Å². The highest BCUT2D eigenvalue weighted by molar-refractivity contribution is 5.91. The maximum Gasteiger partial charge on any atom is 0.410 e. The normalized spacial score (nSPS) is 19.0. The summed E-state index contributed by atoms with van der Waals surface area (Å²) in [5.41, 5.74) is -1.69. The van der Waals surface area contributed by atoms with Crippen LogP contribution in [0.1, 0.15) is 78.7 Å². The van der Waals surface area contributed by atoms with Gasteiger partial charge in [0.2, 0.25) is 0 Å². The molecule has 282 valence electrons. The van der Waals surface area contributed by atoms with E-state index < -0.39 is 71.5 Å². The van der Waals surface area contributed by atoms with E-state index in [0.717, 1.165) is 16.7 Å². The number of nitrogens with zero attached hydrogens (tertiary/aromatic N) is 6. The van der Waals surface area contributed by atoms with Crippen LogP contribution in [0.5, 0.6) is 5.75 Å². The molecule has 1 amide bonds. The SMILES string of the molecule is CC(C)C(=O)OC1c2ccnc(C(C)C)c2-n2c(=O)nc(N3CCN(C(=O)OC(C)(C)C)C[C@@H]3C)c3cc(F)c(nc32)-c2c(F)cccc2OCC1O. The van der Waals surface area contributed by atoms with E-state index in [4.69, 9.17) is 14.2 Å². The molecular weight excluding hydrogens is 690 g/mol. The molecular formula is C38H44F2N6O7. The maximum absolute atomic E-state index is 16.5. The molecule has 13 nitrogen and oxygen atoms in total. The Bertz CT molecular complexity index is 2130. The van der Waals surface area contributed by atoms with Crippen LogP contribution in [0.15, 0.2) is 41.3 Å². The Balaban J connectivity index is 1.65. The summed E-state index contributed by atoms with van der Waals surface area (Å²) < 4.78 is 50.8. The van der Waals surface area contributed by atoms with E-state index in [9.17, 15) is 19.5 Å². The van der Waals surface area contributed by atoms with Gasteiger partial charge in [-0.25, -0.2) is 27.9 Å². The number of benzene rings is 1. The molecule has 0 radical (unpaired) electrons. The predicted octanol–water partition coefficient (Wildman–Crippen LogP) is 5.68. The van der Waals surface area contributed by atoms with Crippen LogP contribution in [0.2, 0.25) is 0 Å². The Morgan fingerprint density at radius 2 is 1.79 bits per heavy atom. The van der Waals surface area contributed by atoms with Crippen LogP contribution in [-0.4, -0.2) is 85.6 Å². The number of hydrogen-bond donors (Lipinski definition) is 1. The number of esters is 1. The number of aromatic nitrogens is 4. The van der Waals surface area contributed by atoms with Gasteiger partial charge in [-0.2, -0.15) is 4.98 Å². The van der Waals surface area contributed by atoms with Gasteiger partial charge < -0.3 is 29.1 Å². The quantitative estimate of drug-likeness (QED) is 0.258. The molecule has 0 spiro atoms. The molecule has 0 saturated carbocycles. The summed E-state index contributed by atoms with van der Waals surface area (Å²) >= 11 is 0. The zero-order valence-corrected chi connectivity index (χ0v) is 31.0. The number of hydrogen-bond acceptors (Lipinski definition) is 11. The summed E-state index contributed by atoms with van der Waals surface area (Å²) in [4.78, 5) is 57.7. The molecule has 3 atom stereocenters. The van der Waals surface area contributed by atoms with Crippen LogP contribution in [0.3, 0.4) is 0 Å². The minimum atomic E-state index is -1.54. The second-order valence-corrected chi connectivity index (χ2v) is 15.0. The van der Waals surface area contributed by atoms with Crippen LogP contribution in [0, 0.1) is 17.6 Å². The predicted molar refractivity (Wildman–Crippen MR) is 192 cm³/mol. The minimum absolute atomic E-state index is 0.0903. The number of aliphatic hydroxyl groups is 1. The molecule has 3 aromatic heterocycles. The van der Waals surface area contributed by atoms with Crippen LogP contribution >= 0.6 is 0 Å². The molecule has 15 heteroatoms. The Morgan fingerprint density at radius 1 is 1.06 bits per heavy atom. The van der Waals surface area contributed by atoms with Crippen molar-refractivity contribution < 1.29 is 37.7 Å². The number of aliphatic hydroxyl groups excluding tert-OH is 1. The van der Waals surface area contributed by atoms with Gasteiger partial charge in [-0.05, 0) is 57.9 Å². The van der Waals surface area contributed by atoms with E-state index in [0.29, 0.717) is 5.69 Å². The molecule has 6 rings (SSSR count). The summed E-state index contributed by atoms with van der Waals surface area (Å²) in [7, 11) is 0. The molecule has 1 fully saturated rings. The lowest BCUT2D eigenvalue weighted by Gasteiger charge is -2.41. The average molecular weight is 735 g/mol. The van der Waals surface area contributed by atoms with Gasteiger partial charge in [0.25, 0.3) is 0 Å². The number of halogens is 2. The van der Waals surface area contributed by atoms with Crippen molar-refractivity contribution in [2.24, 2.45) is 5.92 Å². The fourth-order valence-corrected chi connectivity index (χ4v) is 6.58. The molecule has 1 saturated heterocycles. The smallest absolute Gasteiger partial charge is 0.410 e. The molecule has 2 aliphatic heterocycles. The molecule has 0 aliphatic carbocycles. The molecule has 1 N–H and O–H groups in total. The Kier molecular flexibility index (Phi) is 10.2. The van der Waals surface area contributed by atoms with E-state index in [1.807, 2.05) is 20.8 Å². The number of carbonyl (C=O) groups excluding carboxylic acids is 2. The standard InChI is InChI=1S/C38H44F2N6O7/c1-19(2)29-31-22(12-13-41-29)32(52-35(48)20(3)4)26(47)18-51-27-11-9-10-24(39)28(27)30-25(40)16-23-33(43-36(49)46(31)34(23)42-30)45-15-14-44(17-21(45)5)37(50)53-38(6,7)8/h9-13,16,19-21,26,32,47H,14-15,17-18H2,1-8H3/t21-,26?,32?/m0/s1. The Hall–Kier alpha value is -5.18. The first-order valence-corrected chi connectivity index (χ1v) is 17.6. The fraction of sp³-hybridized carbons (Fsp3) is 0.474. The molecule has 5 heterocycles. The third-order valence-corrected chi connectivity index (χ3v) is 9.10. The summed E-state index contributed by atoms with van der Waals surface area (Å²) in [6.07, 6.45) is -1.93. The second-order valence-electron chi connectivity index (χ2n) is 15.0. The summed E-state index contributed by atoms with van der Waals surface area (Å²) in [5.74, 6) is -3.34. The van der Waals surface area contributed by atoms with Gasteiger partial charge in [0, 0.05) is 37.4 Å². The van der Waals surface area contributed by atoms with Gasteiger partial charge >= 0.3 is 17.8 Å². The summed E-state index contributed by atoms with van der Waals surface area (Å²) in [6.45, 7) is 14.3. The van der Waals surface area contributed by atoms with Crippen LogP contribution in [-0.2, 0) is 14.3 Å². The van der Waals surface area contributed by atoms with Gasteiger partial charge in [-0.1, -0.05) is 33.8 Å². The van der Waals surface area contributed by atoms with Crippen LogP contribution in [0.25, 0.3) is 28.0 Å². The number of fused-ring (bicyclic) bond motifs is 5. The highest BCUT2D eigenvalue weighted by Gasteiger charge is 2.36. The van der Waals surface area contributed by atoms with Gasteiger partial charge in [-0.15, -0.1) is 0 Å². The first-order chi connectivity index (χ1) is 25.0. The molecule has 53 heavy (non-hydrogen) atoms. The van der Waals surface area contributed by atoms with E-state index in [1.165, 1.54) is 24.4 Å². The number of ether oxygens (including phenoxy) is 3. The number of amides is 1. The molecule has 2 bridgehead atoms.